The number of ether oxygens (including phenoxy) is 3. The molecular weight excluding hydrogens is 406 g/mol. The predicted molar refractivity (Wildman–Crippen MR) is 118 cm³/mol. The molecule has 1 saturated carbocycles. The molecule has 0 spiro atoms. The molecule has 6 rings (SSSR count). The minimum Gasteiger partial charge on any atom is -0.484 e. The first-order chi connectivity index (χ1) is 15.6. The smallest absolute Gasteiger partial charge is 0.260 e. The van der Waals surface area contributed by atoms with E-state index < -0.39 is 0 Å². The van der Waals surface area contributed by atoms with Crippen molar-refractivity contribution >= 4 is 5.65 Å². The van der Waals surface area contributed by atoms with Crippen molar-refractivity contribution in [3.8, 4) is 23.1 Å². The summed E-state index contributed by atoms with van der Waals surface area (Å²) in [6.07, 6.45) is 7.15. The molecule has 1 aliphatic carbocycles. The summed E-state index contributed by atoms with van der Waals surface area (Å²) in [5, 5.41) is 0. The fraction of sp³-hybridized carbons (Fsp3) is 0.240. The maximum atomic E-state index is 12.3. The summed E-state index contributed by atoms with van der Waals surface area (Å²) >= 11 is 0. The van der Waals surface area contributed by atoms with Crippen LogP contribution < -0.4 is 19.8 Å². The van der Waals surface area contributed by atoms with E-state index in [4.69, 9.17) is 14.2 Å². The molecule has 1 fully saturated rings. The highest BCUT2D eigenvalue weighted by molar-refractivity contribution is 5.45. The highest BCUT2D eigenvalue weighted by atomic mass is 16.6. The standard InChI is InChI=1S/C25H21N3O4/c1-15-11-26-23-9-8-19(13-28(23)25(15)29)31-20-10-21-24(27-12-20)32-22(14-30-21)18-6-4-17(5-7-18)16-2-3-16/h4-13,16,22H,2-3,14H2,1H3/t22-/m0/s1. The van der Waals surface area contributed by atoms with Crippen LogP contribution in [0.2, 0.25) is 0 Å². The zero-order chi connectivity index (χ0) is 21.7. The summed E-state index contributed by atoms with van der Waals surface area (Å²) in [6.45, 7) is 2.13. The fourth-order valence-electron chi connectivity index (χ4n) is 3.91. The molecule has 2 aliphatic rings. The van der Waals surface area contributed by atoms with Crippen LogP contribution in [0.1, 0.15) is 41.6 Å². The highest BCUT2D eigenvalue weighted by Gasteiger charge is 2.26. The van der Waals surface area contributed by atoms with E-state index in [9.17, 15) is 4.79 Å². The van der Waals surface area contributed by atoms with Crippen LogP contribution in [0.15, 0.2) is 65.8 Å². The first-order valence-electron chi connectivity index (χ1n) is 10.7. The van der Waals surface area contributed by atoms with Crippen molar-refractivity contribution < 1.29 is 14.2 Å². The van der Waals surface area contributed by atoms with Crippen molar-refractivity contribution in [3.63, 3.8) is 0 Å². The van der Waals surface area contributed by atoms with Gasteiger partial charge < -0.3 is 14.2 Å². The Morgan fingerprint density at radius 3 is 2.62 bits per heavy atom. The molecule has 3 aromatic heterocycles. The second-order valence-corrected chi connectivity index (χ2v) is 8.27. The number of fused-ring (bicyclic) bond motifs is 2. The molecule has 0 unspecified atom stereocenters. The average molecular weight is 427 g/mol. The maximum Gasteiger partial charge on any atom is 0.260 e. The third-order valence-electron chi connectivity index (χ3n) is 5.88. The van der Waals surface area contributed by atoms with Crippen molar-refractivity contribution in [2.45, 2.75) is 31.8 Å². The topological polar surface area (TPSA) is 75.0 Å². The number of rotatable bonds is 4. The highest BCUT2D eigenvalue weighted by Crippen LogP contribution is 2.41. The van der Waals surface area contributed by atoms with Crippen LogP contribution in [0.5, 0.6) is 23.1 Å². The lowest BCUT2D eigenvalue weighted by Crippen LogP contribution is -2.22. The summed E-state index contributed by atoms with van der Waals surface area (Å²) in [5.41, 5.74) is 3.47. The third-order valence-corrected chi connectivity index (χ3v) is 5.88. The molecule has 1 aliphatic heterocycles. The van der Waals surface area contributed by atoms with Crippen LogP contribution in [0.4, 0.5) is 0 Å². The van der Waals surface area contributed by atoms with Crippen molar-refractivity contribution in [2.24, 2.45) is 0 Å². The second kappa shape index (κ2) is 7.37. The van der Waals surface area contributed by atoms with Crippen molar-refractivity contribution in [3.05, 3.63) is 88.1 Å². The lowest BCUT2D eigenvalue weighted by molar-refractivity contribution is 0.0847. The van der Waals surface area contributed by atoms with Crippen LogP contribution in [0, 0.1) is 6.92 Å². The molecule has 0 radical (unpaired) electrons. The van der Waals surface area contributed by atoms with Gasteiger partial charge in [0.1, 0.15) is 23.8 Å². The first kappa shape index (κ1) is 18.9. The van der Waals surface area contributed by atoms with E-state index >= 15 is 0 Å². The van der Waals surface area contributed by atoms with Gasteiger partial charge in [0.2, 0.25) is 0 Å². The van der Waals surface area contributed by atoms with Crippen LogP contribution in [-0.2, 0) is 0 Å². The number of aromatic nitrogens is 3. The van der Waals surface area contributed by atoms with Gasteiger partial charge in [-0.15, -0.1) is 0 Å². The lowest BCUT2D eigenvalue weighted by atomic mass is 10.0. The number of hydrogen-bond donors (Lipinski definition) is 0. The minimum atomic E-state index is -0.196. The number of benzene rings is 1. The quantitative estimate of drug-likeness (QED) is 0.475. The van der Waals surface area contributed by atoms with Crippen LogP contribution in [0.25, 0.3) is 5.65 Å². The van der Waals surface area contributed by atoms with Crippen molar-refractivity contribution in [2.75, 3.05) is 6.61 Å². The predicted octanol–water partition coefficient (Wildman–Crippen LogP) is 4.58. The Labute approximate surface area is 184 Å². The molecule has 0 N–H and O–H groups in total. The maximum absolute atomic E-state index is 12.3. The molecule has 7 heteroatoms. The number of aryl methyl sites for hydroxylation is 1. The van der Waals surface area contributed by atoms with Gasteiger partial charge in [-0.25, -0.2) is 9.97 Å². The van der Waals surface area contributed by atoms with Gasteiger partial charge in [-0.05, 0) is 48.9 Å². The Bertz CT molecular complexity index is 1380. The summed E-state index contributed by atoms with van der Waals surface area (Å²) < 4.78 is 19.4. The number of pyridine rings is 2. The largest absolute Gasteiger partial charge is 0.484 e. The Balaban J connectivity index is 1.21. The summed E-state index contributed by atoms with van der Waals surface area (Å²) in [6, 6.07) is 13.8. The molecule has 32 heavy (non-hydrogen) atoms. The van der Waals surface area contributed by atoms with Gasteiger partial charge in [-0.2, -0.15) is 0 Å². The normalized spacial score (nSPS) is 17.3. The molecular formula is C25H21N3O4. The molecule has 4 heterocycles. The number of nitrogens with zero attached hydrogens (tertiary/aromatic N) is 3. The van der Waals surface area contributed by atoms with Crippen LogP contribution >= 0.6 is 0 Å². The van der Waals surface area contributed by atoms with Crippen molar-refractivity contribution in [1.29, 1.82) is 0 Å². The second-order valence-electron chi connectivity index (χ2n) is 8.27. The molecule has 0 bridgehead atoms. The average Bonchev–Trinajstić information content (AvgIpc) is 3.67. The molecule has 160 valence electrons. The Kier molecular flexibility index (Phi) is 4.35. The molecule has 1 aromatic carbocycles. The van der Waals surface area contributed by atoms with Gasteiger partial charge in [-0.1, -0.05) is 24.3 Å². The summed E-state index contributed by atoms with van der Waals surface area (Å²) in [5.74, 6) is 2.69. The lowest BCUT2D eigenvalue weighted by Gasteiger charge is -2.26. The van der Waals surface area contributed by atoms with Gasteiger partial charge in [0.25, 0.3) is 11.4 Å². The van der Waals surface area contributed by atoms with Crippen LogP contribution in [0.3, 0.4) is 0 Å². The third kappa shape index (κ3) is 3.45. The van der Waals surface area contributed by atoms with Gasteiger partial charge in [0.15, 0.2) is 11.9 Å². The Hall–Kier alpha value is -3.87. The van der Waals surface area contributed by atoms with E-state index in [0.717, 1.165) is 11.5 Å². The zero-order valence-corrected chi connectivity index (χ0v) is 17.5. The van der Waals surface area contributed by atoms with Gasteiger partial charge in [-0.3, -0.25) is 9.20 Å². The summed E-state index contributed by atoms with van der Waals surface area (Å²) in [4.78, 5) is 21.0. The van der Waals surface area contributed by atoms with Crippen molar-refractivity contribution in [1.82, 2.24) is 14.4 Å². The monoisotopic (exact) mass is 427 g/mol. The van der Waals surface area contributed by atoms with E-state index in [2.05, 4.69) is 34.2 Å². The minimum absolute atomic E-state index is 0.128. The Morgan fingerprint density at radius 2 is 1.81 bits per heavy atom. The molecule has 7 nitrogen and oxygen atoms in total. The molecule has 4 aromatic rings. The number of hydrogen-bond acceptors (Lipinski definition) is 6. The van der Waals surface area contributed by atoms with Gasteiger partial charge in [0, 0.05) is 17.8 Å². The van der Waals surface area contributed by atoms with Gasteiger partial charge >= 0.3 is 0 Å². The fourth-order valence-corrected chi connectivity index (χ4v) is 3.91. The van der Waals surface area contributed by atoms with E-state index in [0.29, 0.717) is 40.9 Å². The molecule has 0 saturated heterocycles. The SMILES string of the molecule is Cc1cnc2ccc(Oc3cnc4c(c3)OC[C@@H](c3ccc(C5CC5)cc3)O4)cn2c1=O. The molecule has 0 amide bonds. The molecule has 1 atom stereocenters. The van der Waals surface area contributed by atoms with Gasteiger partial charge in [0.05, 0.1) is 12.4 Å². The Morgan fingerprint density at radius 1 is 1.00 bits per heavy atom. The van der Waals surface area contributed by atoms with E-state index in [-0.39, 0.29) is 11.7 Å². The first-order valence-corrected chi connectivity index (χ1v) is 10.7. The van der Waals surface area contributed by atoms with Crippen LogP contribution in [-0.4, -0.2) is 21.0 Å². The summed E-state index contributed by atoms with van der Waals surface area (Å²) in [7, 11) is 0. The van der Waals surface area contributed by atoms with E-state index in [1.165, 1.54) is 22.8 Å². The van der Waals surface area contributed by atoms with E-state index in [1.54, 1.807) is 43.7 Å². The van der Waals surface area contributed by atoms with E-state index in [1.807, 2.05) is 0 Å². The zero-order valence-electron chi connectivity index (χ0n) is 17.5.